The van der Waals surface area contributed by atoms with Crippen molar-refractivity contribution in [1.82, 2.24) is 0 Å². The third-order valence-electron chi connectivity index (χ3n) is 2.36. The van der Waals surface area contributed by atoms with E-state index in [1.165, 1.54) is 11.9 Å². The van der Waals surface area contributed by atoms with E-state index in [4.69, 9.17) is 16.7 Å². The van der Waals surface area contributed by atoms with E-state index in [9.17, 15) is 13.2 Å². The minimum atomic E-state index is -4.19. The van der Waals surface area contributed by atoms with Crippen molar-refractivity contribution < 1.29 is 18.3 Å². The summed E-state index contributed by atoms with van der Waals surface area (Å²) in [6, 6.07) is 4.74. The molecule has 17 heavy (non-hydrogen) atoms. The topological polar surface area (TPSA) is 23.5 Å². The maximum atomic E-state index is 12.1. The molecule has 2 nitrogen and oxygen atoms in total. The number of aliphatic hydroxyl groups excluding tert-OH is 1. The summed E-state index contributed by atoms with van der Waals surface area (Å²) in [5, 5.41) is 9.52. The molecule has 1 N–H and O–H groups in total. The molecule has 0 atom stereocenters. The minimum Gasteiger partial charge on any atom is -0.392 e. The second kappa shape index (κ2) is 5.60. The number of rotatable bonds is 4. The van der Waals surface area contributed by atoms with Gasteiger partial charge < -0.3 is 10.0 Å². The number of aliphatic hydroxyl groups is 1. The van der Waals surface area contributed by atoms with Crippen LogP contribution in [0.2, 0.25) is 5.02 Å². The summed E-state index contributed by atoms with van der Waals surface area (Å²) in [6.07, 6.45) is -5.09. The van der Waals surface area contributed by atoms with E-state index in [0.717, 1.165) is 0 Å². The molecule has 1 rings (SSSR count). The number of benzene rings is 1. The summed E-state index contributed by atoms with van der Waals surface area (Å²) in [4.78, 5) is 1.44. The summed E-state index contributed by atoms with van der Waals surface area (Å²) < 4.78 is 36.3. The summed E-state index contributed by atoms with van der Waals surface area (Å²) in [7, 11) is 1.54. The predicted octanol–water partition coefficient (Wildman–Crippen LogP) is 3.22. The first kappa shape index (κ1) is 14.1. The van der Waals surface area contributed by atoms with Crippen molar-refractivity contribution in [3.05, 3.63) is 28.8 Å². The average Bonchev–Trinajstić information content (AvgIpc) is 2.25. The van der Waals surface area contributed by atoms with Gasteiger partial charge in [0.1, 0.15) is 0 Å². The van der Waals surface area contributed by atoms with Gasteiger partial charge in [-0.2, -0.15) is 13.2 Å². The molecule has 0 radical (unpaired) electrons. The molecule has 0 heterocycles. The summed E-state index contributed by atoms with van der Waals surface area (Å²) in [5.41, 5.74) is 1.07. The highest BCUT2D eigenvalue weighted by molar-refractivity contribution is 6.30. The molecule has 0 saturated carbocycles. The van der Waals surface area contributed by atoms with Gasteiger partial charge in [0.2, 0.25) is 0 Å². The van der Waals surface area contributed by atoms with Gasteiger partial charge in [0, 0.05) is 29.9 Å². The zero-order valence-electron chi connectivity index (χ0n) is 9.26. The Morgan fingerprint density at radius 2 is 2.00 bits per heavy atom. The quantitative estimate of drug-likeness (QED) is 0.905. The number of alkyl halides is 3. The first-order valence-electron chi connectivity index (χ1n) is 5.00. The van der Waals surface area contributed by atoms with Crippen LogP contribution in [0.4, 0.5) is 18.9 Å². The number of halogens is 4. The lowest BCUT2D eigenvalue weighted by Gasteiger charge is -2.22. The maximum absolute atomic E-state index is 12.1. The Labute approximate surface area is 103 Å². The molecule has 0 aliphatic heterocycles. The van der Waals surface area contributed by atoms with Gasteiger partial charge in [-0.15, -0.1) is 0 Å². The van der Waals surface area contributed by atoms with Crippen molar-refractivity contribution in [3.63, 3.8) is 0 Å². The first-order chi connectivity index (χ1) is 7.83. The Bertz CT molecular complexity index is 381. The molecule has 1 aromatic rings. The van der Waals surface area contributed by atoms with Gasteiger partial charge in [-0.3, -0.25) is 0 Å². The molecule has 0 aliphatic rings. The SMILES string of the molecule is CN(CCC(F)(F)F)c1cc(Cl)ccc1CO. The van der Waals surface area contributed by atoms with E-state index in [1.807, 2.05) is 0 Å². The van der Waals surface area contributed by atoms with Gasteiger partial charge in [0.15, 0.2) is 0 Å². The normalized spacial score (nSPS) is 11.6. The maximum Gasteiger partial charge on any atom is 0.390 e. The van der Waals surface area contributed by atoms with Gasteiger partial charge in [0.05, 0.1) is 13.0 Å². The fraction of sp³-hybridized carbons (Fsp3) is 0.455. The molecule has 0 saturated heterocycles. The molecule has 6 heteroatoms. The second-order valence-electron chi connectivity index (χ2n) is 3.72. The highest BCUT2D eigenvalue weighted by atomic mass is 35.5. The van der Waals surface area contributed by atoms with Gasteiger partial charge >= 0.3 is 6.18 Å². The van der Waals surface area contributed by atoms with Crippen LogP contribution in [0.15, 0.2) is 18.2 Å². The van der Waals surface area contributed by atoms with E-state index in [1.54, 1.807) is 18.2 Å². The zero-order valence-corrected chi connectivity index (χ0v) is 10.0. The molecular formula is C11H13ClF3NO. The lowest BCUT2D eigenvalue weighted by molar-refractivity contribution is -0.132. The average molecular weight is 268 g/mol. The van der Waals surface area contributed by atoms with Crippen molar-refractivity contribution in [2.75, 3.05) is 18.5 Å². The molecule has 0 unspecified atom stereocenters. The van der Waals surface area contributed by atoms with Gasteiger partial charge in [-0.05, 0) is 12.1 Å². The Kier molecular flexibility index (Phi) is 4.65. The minimum absolute atomic E-state index is 0.170. The smallest absolute Gasteiger partial charge is 0.390 e. The Morgan fingerprint density at radius 3 is 2.53 bits per heavy atom. The van der Waals surface area contributed by atoms with Crippen LogP contribution in [0, 0.1) is 0 Å². The molecule has 0 fully saturated rings. The monoisotopic (exact) mass is 267 g/mol. The van der Waals surface area contributed by atoms with Gasteiger partial charge in [-0.25, -0.2) is 0 Å². The standard InChI is InChI=1S/C11H13ClF3NO/c1-16(5-4-11(13,14)15)10-6-9(12)3-2-8(10)7-17/h2-3,6,17H,4-5,7H2,1H3. The third-order valence-corrected chi connectivity index (χ3v) is 2.59. The van der Waals surface area contributed by atoms with E-state index >= 15 is 0 Å². The van der Waals surface area contributed by atoms with E-state index in [-0.39, 0.29) is 13.2 Å². The highest BCUT2D eigenvalue weighted by Crippen LogP contribution is 2.26. The number of anilines is 1. The third kappa shape index (κ3) is 4.44. The van der Waals surface area contributed by atoms with Crippen LogP contribution in [0.3, 0.4) is 0 Å². The molecule has 0 aliphatic carbocycles. The van der Waals surface area contributed by atoms with E-state index in [2.05, 4.69) is 0 Å². The molecule has 0 amide bonds. The number of hydrogen-bond donors (Lipinski definition) is 1. The van der Waals surface area contributed by atoms with Crippen molar-refractivity contribution in [1.29, 1.82) is 0 Å². The van der Waals surface area contributed by atoms with Crippen molar-refractivity contribution >= 4 is 17.3 Å². The van der Waals surface area contributed by atoms with Crippen LogP contribution in [0.5, 0.6) is 0 Å². The van der Waals surface area contributed by atoms with Crippen LogP contribution in [0.1, 0.15) is 12.0 Å². The zero-order chi connectivity index (χ0) is 13.1. The molecule has 0 aromatic heterocycles. The van der Waals surface area contributed by atoms with Crippen LogP contribution in [-0.4, -0.2) is 24.9 Å². The van der Waals surface area contributed by atoms with Crippen LogP contribution in [0.25, 0.3) is 0 Å². The second-order valence-corrected chi connectivity index (χ2v) is 4.15. The van der Waals surface area contributed by atoms with Gasteiger partial charge in [-0.1, -0.05) is 17.7 Å². The van der Waals surface area contributed by atoms with Crippen molar-refractivity contribution in [3.8, 4) is 0 Å². The van der Waals surface area contributed by atoms with Crippen molar-refractivity contribution in [2.45, 2.75) is 19.2 Å². The van der Waals surface area contributed by atoms with Crippen LogP contribution >= 0.6 is 11.6 Å². The van der Waals surface area contributed by atoms with Crippen molar-refractivity contribution in [2.24, 2.45) is 0 Å². The number of hydrogen-bond acceptors (Lipinski definition) is 2. The summed E-state index contributed by atoms with van der Waals surface area (Å²) in [5.74, 6) is 0. The van der Waals surface area contributed by atoms with Crippen LogP contribution in [-0.2, 0) is 6.61 Å². The fourth-order valence-electron chi connectivity index (χ4n) is 1.44. The van der Waals surface area contributed by atoms with Crippen LogP contribution < -0.4 is 4.90 Å². The number of nitrogens with zero attached hydrogens (tertiary/aromatic N) is 1. The molecule has 0 spiro atoms. The summed E-state index contributed by atoms with van der Waals surface area (Å²) in [6.45, 7) is -0.403. The Balaban J connectivity index is 2.80. The molecule has 96 valence electrons. The van der Waals surface area contributed by atoms with E-state index in [0.29, 0.717) is 16.3 Å². The molecule has 0 bridgehead atoms. The fourth-order valence-corrected chi connectivity index (χ4v) is 1.61. The first-order valence-corrected chi connectivity index (χ1v) is 5.38. The van der Waals surface area contributed by atoms with Gasteiger partial charge in [0.25, 0.3) is 0 Å². The Morgan fingerprint density at radius 1 is 1.35 bits per heavy atom. The van der Waals surface area contributed by atoms with E-state index < -0.39 is 12.6 Å². The lowest BCUT2D eigenvalue weighted by Crippen LogP contribution is -2.24. The molecule has 1 aromatic carbocycles. The Hall–Kier alpha value is -0.940. The largest absolute Gasteiger partial charge is 0.392 e. The highest BCUT2D eigenvalue weighted by Gasteiger charge is 2.27. The molecular weight excluding hydrogens is 255 g/mol. The lowest BCUT2D eigenvalue weighted by atomic mass is 10.1. The summed E-state index contributed by atoms with van der Waals surface area (Å²) >= 11 is 5.78. The predicted molar refractivity (Wildman–Crippen MR) is 61.3 cm³/mol.